The quantitative estimate of drug-likeness (QED) is 0.231. The zero-order valence-corrected chi connectivity index (χ0v) is 11.8. The highest BCUT2D eigenvalue weighted by atomic mass is 16.5. The molecule has 5 heteroatoms. The minimum absolute atomic E-state index is 0.0564. The van der Waals surface area contributed by atoms with Crippen LogP contribution < -0.4 is 15.8 Å². The lowest BCUT2D eigenvalue weighted by molar-refractivity contribution is 0.318. The third kappa shape index (κ3) is 4.79. The second-order valence-electron chi connectivity index (χ2n) is 4.88. The molecule has 106 valence electrons. The molecule has 0 radical (unpaired) electrons. The van der Waals surface area contributed by atoms with Gasteiger partial charge < -0.3 is 21.0 Å². The van der Waals surface area contributed by atoms with Crippen molar-refractivity contribution in [3.05, 3.63) is 29.3 Å². The first-order valence-electron chi connectivity index (χ1n) is 6.44. The highest BCUT2D eigenvalue weighted by Gasteiger charge is 2.08. The fraction of sp³-hybridized carbons (Fsp3) is 0.500. The van der Waals surface area contributed by atoms with Crippen LogP contribution in [0.4, 0.5) is 0 Å². The smallest absolute Gasteiger partial charge is 0.173 e. The van der Waals surface area contributed by atoms with E-state index in [9.17, 15) is 0 Å². The third-order valence-electron chi connectivity index (χ3n) is 2.88. The maximum Gasteiger partial charge on any atom is 0.173 e. The van der Waals surface area contributed by atoms with Crippen LogP contribution in [0.15, 0.2) is 23.4 Å². The lowest BCUT2D eigenvalue weighted by Crippen LogP contribution is -2.18. The molecule has 1 aromatic carbocycles. The maximum absolute atomic E-state index is 8.77. The molecule has 0 fully saturated rings. The largest absolute Gasteiger partial charge is 0.496 e. The van der Waals surface area contributed by atoms with E-state index in [1.165, 1.54) is 0 Å². The topological polar surface area (TPSA) is 79.9 Å². The summed E-state index contributed by atoms with van der Waals surface area (Å²) in [4.78, 5) is 0. The lowest BCUT2D eigenvalue weighted by Gasteiger charge is -2.11. The van der Waals surface area contributed by atoms with Crippen molar-refractivity contribution in [2.75, 3.05) is 13.7 Å². The first-order chi connectivity index (χ1) is 9.08. The number of oxime groups is 1. The van der Waals surface area contributed by atoms with Crippen molar-refractivity contribution in [3.8, 4) is 5.75 Å². The van der Waals surface area contributed by atoms with Crippen molar-refractivity contribution in [1.82, 2.24) is 5.32 Å². The summed E-state index contributed by atoms with van der Waals surface area (Å²) in [6, 6.07) is 5.67. The zero-order chi connectivity index (χ0) is 14.3. The predicted octanol–water partition coefficient (Wildman–Crippen LogP) is 1.93. The van der Waals surface area contributed by atoms with Gasteiger partial charge in [0.25, 0.3) is 0 Å². The summed E-state index contributed by atoms with van der Waals surface area (Å²) in [5.74, 6) is 1.35. The van der Waals surface area contributed by atoms with Gasteiger partial charge in [-0.15, -0.1) is 0 Å². The molecule has 0 aliphatic rings. The van der Waals surface area contributed by atoms with Crippen molar-refractivity contribution in [2.24, 2.45) is 16.8 Å². The van der Waals surface area contributed by atoms with Crippen LogP contribution >= 0.6 is 0 Å². The van der Waals surface area contributed by atoms with Gasteiger partial charge >= 0.3 is 0 Å². The van der Waals surface area contributed by atoms with E-state index in [-0.39, 0.29) is 5.84 Å². The molecule has 0 atom stereocenters. The van der Waals surface area contributed by atoms with E-state index in [1.54, 1.807) is 7.11 Å². The molecule has 0 aliphatic heterocycles. The van der Waals surface area contributed by atoms with Crippen LogP contribution in [-0.4, -0.2) is 24.7 Å². The number of hydrogen-bond acceptors (Lipinski definition) is 4. The number of nitrogens with one attached hydrogen (secondary N) is 1. The maximum atomic E-state index is 8.77. The summed E-state index contributed by atoms with van der Waals surface area (Å²) in [6.07, 6.45) is 1.14. The highest BCUT2D eigenvalue weighted by Crippen LogP contribution is 2.19. The normalized spacial score (nSPS) is 11.9. The van der Waals surface area contributed by atoms with E-state index in [0.29, 0.717) is 17.2 Å². The van der Waals surface area contributed by atoms with E-state index in [1.807, 2.05) is 18.2 Å². The number of methoxy groups -OCH3 is 1. The van der Waals surface area contributed by atoms with Gasteiger partial charge in [0.05, 0.1) is 12.7 Å². The second-order valence-corrected chi connectivity index (χ2v) is 4.88. The van der Waals surface area contributed by atoms with Crippen molar-refractivity contribution < 1.29 is 9.94 Å². The van der Waals surface area contributed by atoms with Gasteiger partial charge in [-0.2, -0.15) is 0 Å². The molecule has 0 bridgehead atoms. The Morgan fingerprint density at radius 1 is 1.47 bits per heavy atom. The SMILES string of the molecule is COc1ccc(CNCCC(C)C)cc1C(N)=NO. The summed E-state index contributed by atoms with van der Waals surface area (Å²) in [5, 5.41) is 15.2. The monoisotopic (exact) mass is 265 g/mol. The fourth-order valence-electron chi connectivity index (χ4n) is 1.74. The Morgan fingerprint density at radius 3 is 2.79 bits per heavy atom. The molecule has 0 saturated heterocycles. The summed E-state index contributed by atoms with van der Waals surface area (Å²) in [5.41, 5.74) is 7.31. The molecule has 19 heavy (non-hydrogen) atoms. The number of ether oxygens (including phenoxy) is 1. The minimum Gasteiger partial charge on any atom is -0.496 e. The molecule has 0 spiro atoms. The molecule has 0 aliphatic carbocycles. The van der Waals surface area contributed by atoms with Crippen LogP contribution in [0.5, 0.6) is 5.75 Å². The summed E-state index contributed by atoms with van der Waals surface area (Å²) < 4.78 is 5.19. The van der Waals surface area contributed by atoms with Crippen LogP contribution in [0, 0.1) is 5.92 Å². The van der Waals surface area contributed by atoms with Gasteiger partial charge in [-0.1, -0.05) is 25.1 Å². The molecular formula is C14H23N3O2. The van der Waals surface area contributed by atoms with Gasteiger partial charge in [-0.25, -0.2) is 0 Å². The molecule has 5 nitrogen and oxygen atoms in total. The predicted molar refractivity (Wildman–Crippen MR) is 76.7 cm³/mol. The zero-order valence-electron chi connectivity index (χ0n) is 11.8. The number of amidine groups is 1. The Kier molecular flexibility index (Phi) is 6.15. The van der Waals surface area contributed by atoms with Crippen LogP contribution in [0.1, 0.15) is 31.4 Å². The first-order valence-corrected chi connectivity index (χ1v) is 6.44. The number of rotatable bonds is 7. The van der Waals surface area contributed by atoms with E-state index in [4.69, 9.17) is 15.7 Å². The van der Waals surface area contributed by atoms with Gasteiger partial charge in [0.15, 0.2) is 5.84 Å². The Labute approximate surface area is 114 Å². The van der Waals surface area contributed by atoms with Gasteiger partial charge in [-0.3, -0.25) is 0 Å². The van der Waals surface area contributed by atoms with Crippen molar-refractivity contribution >= 4 is 5.84 Å². The van der Waals surface area contributed by atoms with Gasteiger partial charge in [0, 0.05) is 6.54 Å². The van der Waals surface area contributed by atoms with Gasteiger partial charge in [0.2, 0.25) is 0 Å². The number of benzene rings is 1. The molecular weight excluding hydrogens is 242 g/mol. The van der Waals surface area contributed by atoms with Crippen LogP contribution in [0.3, 0.4) is 0 Å². The Bertz CT molecular complexity index is 431. The van der Waals surface area contributed by atoms with Gasteiger partial charge in [0.1, 0.15) is 5.75 Å². The van der Waals surface area contributed by atoms with Crippen molar-refractivity contribution in [1.29, 1.82) is 0 Å². The molecule has 0 heterocycles. The molecule has 0 amide bonds. The summed E-state index contributed by atoms with van der Waals surface area (Å²) in [6.45, 7) is 6.13. The number of hydrogen-bond donors (Lipinski definition) is 3. The van der Waals surface area contributed by atoms with Crippen LogP contribution in [0.2, 0.25) is 0 Å². The van der Waals surface area contributed by atoms with Crippen LogP contribution in [0.25, 0.3) is 0 Å². The first kappa shape index (κ1) is 15.3. The second kappa shape index (κ2) is 7.63. The van der Waals surface area contributed by atoms with E-state index in [0.717, 1.165) is 25.1 Å². The van der Waals surface area contributed by atoms with Gasteiger partial charge in [-0.05, 0) is 36.6 Å². The number of nitrogens with zero attached hydrogens (tertiary/aromatic N) is 1. The fourth-order valence-corrected chi connectivity index (χ4v) is 1.74. The molecule has 0 saturated carbocycles. The van der Waals surface area contributed by atoms with Crippen LogP contribution in [-0.2, 0) is 6.54 Å². The molecule has 0 unspecified atom stereocenters. The molecule has 1 aromatic rings. The van der Waals surface area contributed by atoms with E-state index < -0.39 is 0 Å². The van der Waals surface area contributed by atoms with E-state index in [2.05, 4.69) is 24.3 Å². The molecule has 0 aromatic heterocycles. The summed E-state index contributed by atoms with van der Waals surface area (Å²) >= 11 is 0. The van der Waals surface area contributed by atoms with E-state index >= 15 is 0 Å². The highest BCUT2D eigenvalue weighted by molar-refractivity contribution is 5.99. The Balaban J connectivity index is 2.70. The minimum atomic E-state index is 0.0564. The standard InChI is InChI=1S/C14H23N3O2/c1-10(2)6-7-16-9-11-4-5-13(19-3)12(8-11)14(15)17-18/h4-5,8,10,16,18H,6-7,9H2,1-3H3,(H2,15,17). The average molecular weight is 265 g/mol. The Morgan fingerprint density at radius 2 is 2.21 bits per heavy atom. The third-order valence-corrected chi connectivity index (χ3v) is 2.88. The van der Waals surface area contributed by atoms with Crippen molar-refractivity contribution in [2.45, 2.75) is 26.8 Å². The average Bonchev–Trinajstić information content (AvgIpc) is 2.42. The molecule has 4 N–H and O–H groups in total. The molecule has 1 rings (SSSR count). The lowest BCUT2D eigenvalue weighted by atomic mass is 10.1. The van der Waals surface area contributed by atoms with Crippen molar-refractivity contribution in [3.63, 3.8) is 0 Å². The summed E-state index contributed by atoms with van der Waals surface area (Å²) in [7, 11) is 1.56. The number of nitrogens with two attached hydrogens (primary N) is 1. The Hall–Kier alpha value is -1.75.